The first-order valence-corrected chi connectivity index (χ1v) is 10.6. The van der Waals surface area contributed by atoms with Crippen LogP contribution < -0.4 is 16.3 Å². The van der Waals surface area contributed by atoms with Crippen LogP contribution in [0.15, 0.2) is 94.1 Å². The fraction of sp³-hybridized carbons (Fsp3) is 0.0435. The molecule has 0 spiro atoms. The Morgan fingerprint density at radius 2 is 1.70 bits per heavy atom. The summed E-state index contributed by atoms with van der Waals surface area (Å²) in [5.41, 5.74) is 9.66. The van der Waals surface area contributed by atoms with Crippen molar-refractivity contribution < 1.29 is 14.8 Å². The first kappa shape index (κ1) is 22.2. The zero-order valence-electron chi connectivity index (χ0n) is 17.0. The summed E-state index contributed by atoms with van der Waals surface area (Å²) < 4.78 is 0.143. The average molecular weight is 508 g/mol. The third kappa shape index (κ3) is 4.47. The van der Waals surface area contributed by atoms with Gasteiger partial charge in [-0.15, -0.1) is 0 Å². The summed E-state index contributed by atoms with van der Waals surface area (Å²) >= 11 is 3.07. The van der Waals surface area contributed by atoms with E-state index in [1.54, 1.807) is 6.08 Å². The van der Waals surface area contributed by atoms with Gasteiger partial charge in [-0.1, -0.05) is 60.7 Å². The number of nitro groups is 1. The first-order chi connectivity index (χ1) is 15.9. The minimum absolute atomic E-state index is 0.0748. The van der Waals surface area contributed by atoms with E-state index in [4.69, 9.17) is 0 Å². The minimum Gasteiger partial charge on any atom is -0.506 e. The van der Waals surface area contributed by atoms with E-state index < -0.39 is 16.4 Å². The third-order valence-electron chi connectivity index (χ3n) is 5.12. The summed E-state index contributed by atoms with van der Waals surface area (Å²) in [6.07, 6.45) is 2.90. The molecule has 33 heavy (non-hydrogen) atoms. The largest absolute Gasteiger partial charge is 0.506 e. The van der Waals surface area contributed by atoms with Crippen molar-refractivity contribution in [1.29, 1.82) is 0 Å². The van der Waals surface area contributed by atoms with Crippen LogP contribution in [-0.4, -0.2) is 22.2 Å². The summed E-state index contributed by atoms with van der Waals surface area (Å²) in [5, 5.41) is 25.0. The van der Waals surface area contributed by atoms with Gasteiger partial charge in [0.1, 0.15) is 17.0 Å². The van der Waals surface area contributed by atoms with Crippen LogP contribution in [0.5, 0.6) is 5.75 Å². The van der Waals surface area contributed by atoms with Crippen molar-refractivity contribution >= 4 is 33.7 Å². The Bertz CT molecular complexity index is 1220. The number of carbonyl (C=O) groups excluding carboxylic acids is 1. The van der Waals surface area contributed by atoms with Crippen LogP contribution >= 0.6 is 15.9 Å². The Hall–Kier alpha value is -4.02. The van der Waals surface area contributed by atoms with Gasteiger partial charge in [0.25, 0.3) is 11.6 Å². The molecule has 1 aliphatic heterocycles. The number of non-ortho nitro benzene ring substituents is 1. The number of aromatic hydroxyl groups is 1. The number of phenolic OH excluding ortho intramolecular Hbond substituents is 1. The summed E-state index contributed by atoms with van der Waals surface area (Å²) in [4.78, 5) is 23.2. The maximum atomic E-state index is 12.7. The lowest BCUT2D eigenvalue weighted by Crippen LogP contribution is -2.44. The topological polar surface area (TPSA) is 129 Å². The number of phenols is 1. The molecule has 9 nitrogen and oxygen atoms in total. The van der Waals surface area contributed by atoms with Gasteiger partial charge in [-0.3, -0.25) is 14.9 Å². The number of benzene rings is 3. The van der Waals surface area contributed by atoms with Crippen LogP contribution in [0.4, 0.5) is 5.69 Å². The predicted molar refractivity (Wildman–Crippen MR) is 126 cm³/mol. The number of hydrazine groups is 1. The zero-order chi connectivity index (χ0) is 23.4. The van der Waals surface area contributed by atoms with Crippen molar-refractivity contribution in [1.82, 2.24) is 16.3 Å². The van der Waals surface area contributed by atoms with Crippen molar-refractivity contribution in [3.05, 3.63) is 116 Å². The second-order valence-electron chi connectivity index (χ2n) is 7.17. The van der Waals surface area contributed by atoms with Crippen molar-refractivity contribution in [3.8, 4) is 5.75 Å². The quantitative estimate of drug-likeness (QED) is 0.229. The maximum absolute atomic E-state index is 12.7. The molecule has 0 aromatic heterocycles. The SMILES string of the molecule is O=C(NN=Cc1cc([N+](=O)[O-])cc(Br)c1O)C1=CC(c2ccccc2)(c2ccccc2)NN1. The van der Waals surface area contributed by atoms with Gasteiger partial charge in [0.15, 0.2) is 0 Å². The van der Waals surface area contributed by atoms with Crippen LogP contribution in [0.2, 0.25) is 0 Å². The summed E-state index contributed by atoms with van der Waals surface area (Å²) in [5.74, 6) is -0.762. The second-order valence-corrected chi connectivity index (χ2v) is 8.02. The number of nitrogens with one attached hydrogen (secondary N) is 3. The highest BCUT2D eigenvalue weighted by atomic mass is 79.9. The molecule has 0 radical (unpaired) electrons. The Balaban J connectivity index is 1.59. The molecule has 1 heterocycles. The van der Waals surface area contributed by atoms with Gasteiger partial charge in [0.05, 0.1) is 15.6 Å². The highest BCUT2D eigenvalue weighted by Crippen LogP contribution is 2.34. The molecule has 0 aliphatic carbocycles. The fourth-order valence-electron chi connectivity index (χ4n) is 3.49. The molecule has 0 saturated heterocycles. The lowest BCUT2D eigenvalue weighted by molar-refractivity contribution is -0.385. The number of amides is 1. The first-order valence-electron chi connectivity index (χ1n) is 9.78. The number of carbonyl (C=O) groups is 1. The zero-order valence-corrected chi connectivity index (χ0v) is 18.6. The molecule has 4 N–H and O–H groups in total. The van der Waals surface area contributed by atoms with Crippen LogP contribution in [0, 0.1) is 10.1 Å². The fourth-order valence-corrected chi connectivity index (χ4v) is 3.95. The summed E-state index contributed by atoms with van der Waals surface area (Å²) in [7, 11) is 0. The van der Waals surface area contributed by atoms with E-state index in [9.17, 15) is 20.0 Å². The van der Waals surface area contributed by atoms with Crippen molar-refractivity contribution in [2.24, 2.45) is 5.10 Å². The molecular formula is C23H18BrN5O4. The van der Waals surface area contributed by atoms with Crippen LogP contribution in [0.25, 0.3) is 0 Å². The van der Waals surface area contributed by atoms with Crippen LogP contribution in [0.3, 0.4) is 0 Å². The number of rotatable bonds is 6. The second kappa shape index (κ2) is 9.23. The molecule has 1 aliphatic rings. The number of hydrogen-bond acceptors (Lipinski definition) is 7. The number of hydrogen-bond donors (Lipinski definition) is 4. The highest BCUT2D eigenvalue weighted by Gasteiger charge is 2.38. The van der Waals surface area contributed by atoms with Gasteiger partial charge in [-0.05, 0) is 33.1 Å². The van der Waals surface area contributed by atoms with E-state index in [-0.39, 0.29) is 27.2 Å². The maximum Gasteiger partial charge on any atom is 0.288 e. The minimum atomic E-state index is -0.776. The van der Waals surface area contributed by atoms with E-state index in [0.29, 0.717) is 0 Å². The molecule has 0 fully saturated rings. The van der Waals surface area contributed by atoms with Gasteiger partial charge in [-0.25, -0.2) is 10.9 Å². The molecule has 3 aromatic rings. The molecular weight excluding hydrogens is 490 g/mol. The molecule has 10 heteroatoms. The van der Waals surface area contributed by atoms with Crippen LogP contribution in [-0.2, 0) is 10.3 Å². The molecule has 166 valence electrons. The Morgan fingerprint density at radius 3 is 2.27 bits per heavy atom. The Labute approximate surface area is 197 Å². The molecule has 4 rings (SSSR count). The van der Waals surface area contributed by atoms with E-state index in [1.807, 2.05) is 60.7 Å². The van der Waals surface area contributed by atoms with Crippen molar-refractivity contribution in [2.75, 3.05) is 0 Å². The normalized spacial score (nSPS) is 14.5. The number of nitro benzene ring substituents is 1. The van der Waals surface area contributed by atoms with Gasteiger partial charge in [-0.2, -0.15) is 5.10 Å². The number of halogens is 1. The van der Waals surface area contributed by atoms with Crippen LogP contribution in [0.1, 0.15) is 16.7 Å². The summed E-state index contributed by atoms with van der Waals surface area (Å²) in [6.45, 7) is 0. The molecule has 3 aromatic carbocycles. The smallest absolute Gasteiger partial charge is 0.288 e. The van der Waals surface area contributed by atoms with Crippen molar-refractivity contribution in [2.45, 2.75) is 5.54 Å². The summed E-state index contributed by atoms with van der Waals surface area (Å²) in [6, 6.07) is 21.7. The van der Waals surface area contributed by atoms with Gasteiger partial charge < -0.3 is 10.5 Å². The third-order valence-corrected chi connectivity index (χ3v) is 5.72. The van der Waals surface area contributed by atoms with Gasteiger partial charge in [0, 0.05) is 17.7 Å². The highest BCUT2D eigenvalue weighted by molar-refractivity contribution is 9.10. The van der Waals surface area contributed by atoms with Gasteiger partial charge >= 0.3 is 0 Å². The van der Waals surface area contributed by atoms with E-state index >= 15 is 0 Å². The monoisotopic (exact) mass is 507 g/mol. The molecule has 0 atom stereocenters. The average Bonchev–Trinajstić information content (AvgIpc) is 3.29. The predicted octanol–water partition coefficient (Wildman–Crippen LogP) is 3.45. The number of hydrazone groups is 1. The molecule has 0 saturated carbocycles. The lowest BCUT2D eigenvalue weighted by Gasteiger charge is -2.28. The Kier molecular flexibility index (Phi) is 6.20. The van der Waals surface area contributed by atoms with E-state index in [0.717, 1.165) is 23.4 Å². The molecule has 0 bridgehead atoms. The standard InChI is InChI=1S/C23H18BrN5O4/c24-19-12-18(29(32)33)11-15(21(19)30)14-25-27-22(31)20-13-23(28-26-20,16-7-3-1-4-8-16)17-9-5-2-6-10-17/h1-14,26,28,30H,(H,27,31). The molecule has 0 unspecified atom stereocenters. The van der Waals surface area contributed by atoms with E-state index in [1.165, 1.54) is 6.07 Å². The number of nitrogens with zero attached hydrogens (tertiary/aromatic N) is 2. The lowest BCUT2D eigenvalue weighted by atomic mass is 9.83. The Morgan fingerprint density at radius 1 is 1.09 bits per heavy atom. The molecule has 1 amide bonds. The van der Waals surface area contributed by atoms with Gasteiger partial charge in [0.2, 0.25) is 0 Å². The van der Waals surface area contributed by atoms with Crippen molar-refractivity contribution in [3.63, 3.8) is 0 Å². The van der Waals surface area contributed by atoms with E-state index in [2.05, 4.69) is 37.3 Å².